The SMILES string of the molecule is Fc1cc(Br)cc2cc(Br)cnc12. The van der Waals surface area contributed by atoms with Gasteiger partial charge in [0.15, 0.2) is 5.82 Å². The molecule has 0 aliphatic heterocycles. The molecule has 2 rings (SSSR count). The molecule has 0 N–H and O–H groups in total. The van der Waals surface area contributed by atoms with Crippen LogP contribution in [0.15, 0.2) is 33.3 Å². The average molecular weight is 305 g/mol. The Morgan fingerprint density at radius 2 is 1.77 bits per heavy atom. The van der Waals surface area contributed by atoms with Crippen molar-refractivity contribution >= 4 is 42.8 Å². The van der Waals surface area contributed by atoms with Crippen LogP contribution in [0.3, 0.4) is 0 Å². The van der Waals surface area contributed by atoms with E-state index in [9.17, 15) is 4.39 Å². The second-order valence-electron chi connectivity index (χ2n) is 2.61. The normalized spacial score (nSPS) is 10.7. The molecule has 1 heterocycles. The predicted octanol–water partition coefficient (Wildman–Crippen LogP) is 3.90. The highest BCUT2D eigenvalue weighted by atomic mass is 79.9. The Hall–Kier alpha value is -0.480. The Balaban J connectivity index is 2.86. The molecule has 4 heteroatoms. The number of pyridine rings is 1. The Morgan fingerprint density at radius 1 is 1.08 bits per heavy atom. The van der Waals surface area contributed by atoms with Gasteiger partial charge in [-0.1, -0.05) is 15.9 Å². The number of fused-ring (bicyclic) bond motifs is 1. The maximum Gasteiger partial charge on any atom is 0.150 e. The van der Waals surface area contributed by atoms with E-state index in [0.29, 0.717) is 5.52 Å². The summed E-state index contributed by atoms with van der Waals surface area (Å²) in [6.07, 6.45) is 1.58. The lowest BCUT2D eigenvalue weighted by atomic mass is 10.2. The van der Waals surface area contributed by atoms with Crippen LogP contribution < -0.4 is 0 Å². The van der Waals surface area contributed by atoms with Crippen LogP contribution in [0.25, 0.3) is 10.9 Å². The standard InChI is InChI=1S/C9H4Br2FN/c10-6-1-5-2-7(11)4-13-9(5)8(12)3-6/h1-4H. The second-order valence-corrected chi connectivity index (χ2v) is 4.44. The third-order valence-electron chi connectivity index (χ3n) is 1.67. The minimum atomic E-state index is -0.308. The molecule has 0 spiro atoms. The quantitative estimate of drug-likeness (QED) is 0.719. The van der Waals surface area contributed by atoms with Gasteiger partial charge in [-0.3, -0.25) is 4.98 Å². The zero-order valence-corrected chi connectivity index (χ0v) is 9.56. The van der Waals surface area contributed by atoms with E-state index >= 15 is 0 Å². The first-order chi connectivity index (χ1) is 6.16. The first-order valence-corrected chi connectivity index (χ1v) is 5.16. The maximum absolute atomic E-state index is 13.3. The number of benzene rings is 1. The predicted molar refractivity (Wildman–Crippen MR) is 57.1 cm³/mol. The highest BCUT2D eigenvalue weighted by Gasteiger charge is 2.03. The zero-order chi connectivity index (χ0) is 9.42. The third-order valence-corrected chi connectivity index (χ3v) is 2.56. The maximum atomic E-state index is 13.3. The summed E-state index contributed by atoms with van der Waals surface area (Å²) in [5, 5.41) is 0.779. The van der Waals surface area contributed by atoms with Gasteiger partial charge in [-0.15, -0.1) is 0 Å². The molecule has 0 radical (unpaired) electrons. The molecule has 13 heavy (non-hydrogen) atoms. The van der Waals surface area contributed by atoms with Gasteiger partial charge in [0.2, 0.25) is 0 Å². The van der Waals surface area contributed by atoms with Crippen molar-refractivity contribution in [3.8, 4) is 0 Å². The number of aromatic nitrogens is 1. The van der Waals surface area contributed by atoms with E-state index in [1.165, 1.54) is 6.07 Å². The van der Waals surface area contributed by atoms with Crippen molar-refractivity contribution in [2.24, 2.45) is 0 Å². The van der Waals surface area contributed by atoms with E-state index in [1.807, 2.05) is 12.1 Å². The molecule has 0 amide bonds. The number of hydrogen-bond donors (Lipinski definition) is 0. The van der Waals surface area contributed by atoms with Crippen molar-refractivity contribution in [1.82, 2.24) is 4.98 Å². The second kappa shape index (κ2) is 3.35. The molecule has 0 saturated carbocycles. The Bertz CT molecular complexity index is 465. The first-order valence-electron chi connectivity index (χ1n) is 3.57. The van der Waals surface area contributed by atoms with E-state index in [0.717, 1.165) is 14.3 Å². The summed E-state index contributed by atoms with van der Waals surface area (Å²) in [6.45, 7) is 0. The van der Waals surface area contributed by atoms with Crippen LogP contribution >= 0.6 is 31.9 Å². The van der Waals surface area contributed by atoms with Gasteiger partial charge in [-0.05, 0) is 34.1 Å². The minimum absolute atomic E-state index is 0.308. The summed E-state index contributed by atoms with van der Waals surface area (Å²) in [5.74, 6) is -0.308. The van der Waals surface area contributed by atoms with E-state index < -0.39 is 0 Å². The molecule has 2 aromatic rings. The number of halogens is 3. The summed E-state index contributed by atoms with van der Waals surface area (Å²) < 4.78 is 14.8. The van der Waals surface area contributed by atoms with E-state index in [-0.39, 0.29) is 5.82 Å². The minimum Gasteiger partial charge on any atom is -0.252 e. The van der Waals surface area contributed by atoms with Crippen LogP contribution in [0.4, 0.5) is 4.39 Å². The van der Waals surface area contributed by atoms with Crippen molar-refractivity contribution in [1.29, 1.82) is 0 Å². The van der Waals surface area contributed by atoms with Gasteiger partial charge in [0, 0.05) is 20.5 Å². The monoisotopic (exact) mass is 303 g/mol. The van der Waals surface area contributed by atoms with Crippen LogP contribution in [-0.4, -0.2) is 4.98 Å². The molecular formula is C9H4Br2FN. The number of hydrogen-bond acceptors (Lipinski definition) is 1. The van der Waals surface area contributed by atoms with Crippen molar-refractivity contribution in [3.63, 3.8) is 0 Å². The van der Waals surface area contributed by atoms with Crippen LogP contribution in [0.2, 0.25) is 0 Å². The molecular weight excluding hydrogens is 301 g/mol. The average Bonchev–Trinajstić information content (AvgIpc) is 2.02. The van der Waals surface area contributed by atoms with Crippen LogP contribution in [0.1, 0.15) is 0 Å². The van der Waals surface area contributed by atoms with Crippen LogP contribution in [0, 0.1) is 5.82 Å². The summed E-state index contributed by atoms with van der Waals surface area (Å²) in [5.41, 5.74) is 0.395. The fraction of sp³-hybridized carbons (Fsp3) is 0. The Morgan fingerprint density at radius 3 is 2.54 bits per heavy atom. The van der Waals surface area contributed by atoms with Gasteiger partial charge in [0.25, 0.3) is 0 Å². The van der Waals surface area contributed by atoms with Gasteiger partial charge in [0.05, 0.1) is 0 Å². The number of nitrogens with zero attached hydrogens (tertiary/aromatic N) is 1. The molecule has 0 aliphatic rings. The van der Waals surface area contributed by atoms with Crippen molar-refractivity contribution in [2.45, 2.75) is 0 Å². The molecule has 0 bridgehead atoms. The van der Waals surface area contributed by atoms with Gasteiger partial charge >= 0.3 is 0 Å². The van der Waals surface area contributed by atoms with Gasteiger partial charge in [-0.25, -0.2) is 4.39 Å². The fourth-order valence-corrected chi connectivity index (χ4v) is 1.94. The highest BCUT2D eigenvalue weighted by molar-refractivity contribution is 9.10. The number of rotatable bonds is 0. The molecule has 0 fully saturated rings. The highest BCUT2D eigenvalue weighted by Crippen LogP contribution is 2.23. The lowest BCUT2D eigenvalue weighted by Crippen LogP contribution is -1.84. The first kappa shape index (κ1) is 9.09. The van der Waals surface area contributed by atoms with E-state index in [1.54, 1.807) is 6.20 Å². The molecule has 1 aromatic carbocycles. The molecule has 0 saturated heterocycles. The topological polar surface area (TPSA) is 12.9 Å². The molecule has 0 aliphatic carbocycles. The Kier molecular flexibility index (Phi) is 2.34. The zero-order valence-electron chi connectivity index (χ0n) is 6.39. The van der Waals surface area contributed by atoms with Crippen LogP contribution in [0.5, 0.6) is 0 Å². The van der Waals surface area contributed by atoms with E-state index in [2.05, 4.69) is 36.8 Å². The third kappa shape index (κ3) is 1.74. The molecule has 0 atom stereocenters. The summed E-state index contributed by atoms with van der Waals surface area (Å²) in [4.78, 5) is 3.98. The van der Waals surface area contributed by atoms with Gasteiger partial charge in [-0.2, -0.15) is 0 Å². The molecule has 1 aromatic heterocycles. The van der Waals surface area contributed by atoms with Crippen molar-refractivity contribution < 1.29 is 4.39 Å². The molecule has 0 unspecified atom stereocenters. The summed E-state index contributed by atoms with van der Waals surface area (Å²) in [7, 11) is 0. The van der Waals surface area contributed by atoms with Crippen molar-refractivity contribution in [3.05, 3.63) is 39.2 Å². The molecule has 1 nitrogen and oxygen atoms in total. The lowest BCUT2D eigenvalue weighted by molar-refractivity contribution is 0.636. The summed E-state index contributed by atoms with van der Waals surface area (Å²) >= 11 is 6.51. The summed E-state index contributed by atoms with van der Waals surface area (Å²) in [6, 6.07) is 5.07. The van der Waals surface area contributed by atoms with Crippen LogP contribution in [-0.2, 0) is 0 Å². The fourth-order valence-electron chi connectivity index (χ4n) is 1.14. The largest absolute Gasteiger partial charge is 0.252 e. The van der Waals surface area contributed by atoms with Gasteiger partial charge < -0.3 is 0 Å². The Labute approximate surface area is 91.2 Å². The van der Waals surface area contributed by atoms with E-state index in [4.69, 9.17) is 0 Å². The molecule has 66 valence electrons. The van der Waals surface area contributed by atoms with Crippen molar-refractivity contribution in [2.75, 3.05) is 0 Å². The lowest BCUT2D eigenvalue weighted by Gasteiger charge is -1.99. The van der Waals surface area contributed by atoms with Gasteiger partial charge in [0.1, 0.15) is 5.52 Å². The smallest absolute Gasteiger partial charge is 0.150 e.